The molecule has 0 amide bonds. The number of benzene rings is 2. The molecule has 2 rings (SSSR count). The van der Waals surface area contributed by atoms with Crippen LogP contribution >= 0.6 is 0 Å². The van der Waals surface area contributed by atoms with Gasteiger partial charge in [0.25, 0.3) is 15.7 Å². The first-order valence-electron chi connectivity index (χ1n) is 6.30. The summed E-state index contributed by atoms with van der Waals surface area (Å²) < 4.78 is 32.2. The Kier molecular flexibility index (Phi) is 4.67. The lowest BCUT2D eigenvalue weighted by Gasteiger charge is -2.12. The van der Waals surface area contributed by atoms with Crippen molar-refractivity contribution < 1.29 is 18.1 Å². The van der Waals surface area contributed by atoms with Crippen molar-refractivity contribution in [2.45, 2.75) is 4.90 Å². The molecule has 0 unspecified atom stereocenters. The van der Waals surface area contributed by atoms with E-state index < -0.39 is 20.6 Å². The molecule has 0 saturated heterocycles. The predicted octanol–water partition coefficient (Wildman–Crippen LogP) is 1.69. The number of nitrogens with two attached hydrogens (primary N) is 1. The number of nitrogens with one attached hydrogen (secondary N) is 2. The number of nitrogen functional groups attached to an aromatic ring is 1. The van der Waals surface area contributed by atoms with Crippen LogP contribution in [-0.2, 0) is 10.0 Å². The second kappa shape index (κ2) is 6.50. The van der Waals surface area contributed by atoms with E-state index in [9.17, 15) is 18.5 Å². The first kappa shape index (κ1) is 16.5. The van der Waals surface area contributed by atoms with Crippen molar-refractivity contribution in [3.05, 3.63) is 52.6 Å². The van der Waals surface area contributed by atoms with Gasteiger partial charge in [0, 0.05) is 6.07 Å². The van der Waals surface area contributed by atoms with Gasteiger partial charge in [-0.05, 0) is 24.3 Å². The van der Waals surface area contributed by atoms with Crippen LogP contribution in [0.4, 0.5) is 17.1 Å². The summed E-state index contributed by atoms with van der Waals surface area (Å²) in [6.45, 7) is 0. The SMILES string of the molecule is COc1ccccc1NS(=O)(=O)c1ccc(NN)c([N+](=O)[O-])c1. The van der Waals surface area contributed by atoms with Gasteiger partial charge in [-0.15, -0.1) is 0 Å². The van der Waals surface area contributed by atoms with Crippen LogP contribution in [0.3, 0.4) is 0 Å². The molecular weight excluding hydrogens is 324 g/mol. The van der Waals surface area contributed by atoms with E-state index in [4.69, 9.17) is 10.6 Å². The Labute approximate surface area is 132 Å². The van der Waals surface area contributed by atoms with Gasteiger partial charge >= 0.3 is 0 Å². The molecule has 0 aliphatic rings. The average Bonchev–Trinajstić information content (AvgIpc) is 2.54. The Morgan fingerprint density at radius 1 is 1.17 bits per heavy atom. The lowest BCUT2D eigenvalue weighted by Crippen LogP contribution is -2.15. The van der Waals surface area contributed by atoms with E-state index in [0.29, 0.717) is 5.75 Å². The number of nitrogens with zero attached hydrogens (tertiary/aromatic N) is 1. The van der Waals surface area contributed by atoms with Crippen molar-refractivity contribution in [2.24, 2.45) is 5.84 Å². The van der Waals surface area contributed by atoms with Crippen molar-refractivity contribution in [1.29, 1.82) is 0 Å². The highest BCUT2D eigenvalue weighted by Gasteiger charge is 2.22. The summed E-state index contributed by atoms with van der Waals surface area (Å²) in [7, 11) is -2.63. The minimum absolute atomic E-state index is 0.00578. The van der Waals surface area contributed by atoms with Gasteiger partial charge in [-0.2, -0.15) is 0 Å². The molecule has 23 heavy (non-hydrogen) atoms. The zero-order valence-corrected chi connectivity index (χ0v) is 12.8. The molecule has 0 saturated carbocycles. The van der Waals surface area contributed by atoms with Crippen molar-refractivity contribution in [3.63, 3.8) is 0 Å². The predicted molar refractivity (Wildman–Crippen MR) is 84.7 cm³/mol. The van der Waals surface area contributed by atoms with Gasteiger partial charge in [0.15, 0.2) is 0 Å². The molecule has 10 heteroatoms. The molecule has 0 heterocycles. The average molecular weight is 338 g/mol. The van der Waals surface area contributed by atoms with Crippen molar-refractivity contribution in [2.75, 3.05) is 17.3 Å². The highest BCUT2D eigenvalue weighted by Crippen LogP contribution is 2.30. The van der Waals surface area contributed by atoms with Crippen molar-refractivity contribution in [3.8, 4) is 5.75 Å². The van der Waals surface area contributed by atoms with Crippen LogP contribution in [0.2, 0.25) is 0 Å². The highest BCUT2D eigenvalue weighted by molar-refractivity contribution is 7.92. The van der Waals surface area contributed by atoms with Crippen LogP contribution in [0.25, 0.3) is 0 Å². The Morgan fingerprint density at radius 2 is 1.87 bits per heavy atom. The van der Waals surface area contributed by atoms with E-state index in [0.717, 1.165) is 6.07 Å². The maximum atomic E-state index is 12.4. The van der Waals surface area contributed by atoms with Crippen LogP contribution in [0.15, 0.2) is 47.4 Å². The molecule has 0 aromatic heterocycles. The molecule has 2 aromatic carbocycles. The summed E-state index contributed by atoms with van der Waals surface area (Å²) in [5, 5.41) is 11.0. The number of hydrogen-bond acceptors (Lipinski definition) is 7. The highest BCUT2D eigenvalue weighted by atomic mass is 32.2. The van der Waals surface area contributed by atoms with E-state index in [1.54, 1.807) is 18.2 Å². The van der Waals surface area contributed by atoms with Crippen LogP contribution in [0, 0.1) is 10.1 Å². The fraction of sp³-hybridized carbons (Fsp3) is 0.0769. The maximum absolute atomic E-state index is 12.4. The Bertz CT molecular complexity index is 838. The Balaban J connectivity index is 2.44. The summed E-state index contributed by atoms with van der Waals surface area (Å²) >= 11 is 0. The van der Waals surface area contributed by atoms with E-state index >= 15 is 0 Å². The smallest absolute Gasteiger partial charge is 0.295 e. The summed E-state index contributed by atoms with van der Waals surface area (Å²) in [6.07, 6.45) is 0. The summed E-state index contributed by atoms with van der Waals surface area (Å²) in [4.78, 5) is 10.00. The molecule has 122 valence electrons. The molecular formula is C13H14N4O5S. The number of hydrazine groups is 1. The molecule has 0 fully saturated rings. The number of methoxy groups -OCH3 is 1. The van der Waals surface area contributed by atoms with E-state index in [-0.39, 0.29) is 16.3 Å². The molecule has 0 aliphatic carbocycles. The number of hydrogen-bond donors (Lipinski definition) is 3. The third-order valence-electron chi connectivity index (χ3n) is 2.98. The number of anilines is 2. The molecule has 4 N–H and O–H groups in total. The van der Waals surface area contributed by atoms with Crippen LogP contribution < -0.4 is 20.7 Å². The minimum atomic E-state index is -4.03. The summed E-state index contributed by atoms with van der Waals surface area (Å²) in [5.74, 6) is 5.50. The van der Waals surface area contributed by atoms with Gasteiger partial charge in [0.1, 0.15) is 11.4 Å². The zero-order valence-electron chi connectivity index (χ0n) is 12.0. The van der Waals surface area contributed by atoms with Gasteiger partial charge in [0.05, 0.1) is 22.6 Å². The van der Waals surface area contributed by atoms with Gasteiger partial charge in [0.2, 0.25) is 0 Å². The number of rotatable bonds is 6. The lowest BCUT2D eigenvalue weighted by atomic mass is 10.3. The summed E-state index contributed by atoms with van der Waals surface area (Å²) in [6, 6.07) is 9.76. The second-order valence-electron chi connectivity index (χ2n) is 4.39. The lowest BCUT2D eigenvalue weighted by molar-refractivity contribution is -0.384. The second-order valence-corrected chi connectivity index (χ2v) is 6.07. The third kappa shape index (κ3) is 3.49. The first-order chi connectivity index (χ1) is 10.9. The van der Waals surface area contributed by atoms with E-state index in [2.05, 4.69) is 10.1 Å². The zero-order chi connectivity index (χ0) is 17.0. The molecule has 0 radical (unpaired) electrons. The monoisotopic (exact) mass is 338 g/mol. The van der Waals surface area contributed by atoms with Crippen molar-refractivity contribution in [1.82, 2.24) is 0 Å². The maximum Gasteiger partial charge on any atom is 0.295 e. The van der Waals surface area contributed by atoms with Gasteiger partial charge < -0.3 is 10.2 Å². The topological polar surface area (TPSA) is 137 Å². The molecule has 9 nitrogen and oxygen atoms in total. The fourth-order valence-corrected chi connectivity index (χ4v) is 2.97. The van der Waals surface area contributed by atoms with Gasteiger partial charge in [-0.25, -0.2) is 8.42 Å². The number of nitro benzene ring substituents is 1. The first-order valence-corrected chi connectivity index (χ1v) is 7.78. The summed E-state index contributed by atoms with van der Waals surface area (Å²) in [5.41, 5.74) is 1.92. The normalized spacial score (nSPS) is 10.9. The van der Waals surface area contributed by atoms with Gasteiger partial charge in [-0.3, -0.25) is 20.7 Å². The van der Waals surface area contributed by atoms with Crippen LogP contribution in [0.5, 0.6) is 5.75 Å². The van der Waals surface area contributed by atoms with Crippen molar-refractivity contribution >= 4 is 27.1 Å². The van der Waals surface area contributed by atoms with E-state index in [1.807, 2.05) is 0 Å². The largest absolute Gasteiger partial charge is 0.495 e. The minimum Gasteiger partial charge on any atom is -0.495 e. The molecule has 0 spiro atoms. The number of para-hydroxylation sites is 2. The molecule has 0 atom stereocenters. The third-order valence-corrected chi connectivity index (χ3v) is 4.35. The van der Waals surface area contributed by atoms with E-state index in [1.165, 1.54) is 25.3 Å². The number of ether oxygens (including phenoxy) is 1. The quantitative estimate of drug-likeness (QED) is 0.414. The molecule has 0 bridgehead atoms. The number of nitro groups is 1. The van der Waals surface area contributed by atoms with Crippen LogP contribution in [0.1, 0.15) is 0 Å². The number of sulfonamides is 1. The van der Waals surface area contributed by atoms with Gasteiger partial charge in [-0.1, -0.05) is 12.1 Å². The molecule has 0 aliphatic heterocycles. The Hall–Kier alpha value is -2.85. The fourth-order valence-electron chi connectivity index (χ4n) is 1.88. The molecule has 2 aromatic rings. The van der Waals surface area contributed by atoms with Crippen LogP contribution in [-0.4, -0.2) is 20.5 Å². The Morgan fingerprint density at radius 3 is 2.48 bits per heavy atom. The standard InChI is InChI=1S/C13H14N4O5S/c1-22-13-5-3-2-4-11(13)16-23(20,21)9-6-7-10(15-14)12(8-9)17(18)19/h2-8,15-16H,14H2,1H3.